The molecule has 5 heteroatoms. The number of carboxylic acids is 1. The van der Waals surface area contributed by atoms with Crippen LogP contribution >= 0.6 is 11.8 Å². The molecule has 0 aliphatic carbocycles. The Morgan fingerprint density at radius 1 is 1.24 bits per heavy atom. The Labute approximate surface area is 102 Å². The van der Waals surface area contributed by atoms with E-state index in [2.05, 4.69) is 4.98 Å². The van der Waals surface area contributed by atoms with E-state index in [9.17, 15) is 9.59 Å². The van der Waals surface area contributed by atoms with Crippen molar-refractivity contribution in [1.29, 1.82) is 0 Å². The maximum Gasteiger partial charge on any atom is 0.313 e. The van der Waals surface area contributed by atoms with Crippen LogP contribution in [0.2, 0.25) is 0 Å². The number of fused-ring (bicyclic) bond motifs is 1. The molecule has 0 bridgehead atoms. The van der Waals surface area contributed by atoms with E-state index in [-0.39, 0.29) is 17.3 Å². The summed E-state index contributed by atoms with van der Waals surface area (Å²) < 4.78 is 0. The first-order chi connectivity index (χ1) is 8.18. The number of aliphatic carboxylic acids is 1. The number of Topliss-reactive ketones (excluding diaryl/α,β-unsaturated/α-hetero) is 1. The van der Waals surface area contributed by atoms with Crippen LogP contribution in [0.1, 0.15) is 10.4 Å². The summed E-state index contributed by atoms with van der Waals surface area (Å²) in [5.41, 5.74) is 1.54. The largest absolute Gasteiger partial charge is 0.481 e. The molecular weight excluding hydrogens is 238 g/mol. The average molecular weight is 249 g/mol. The molecule has 2 N–H and O–H groups in total. The molecule has 0 unspecified atom stereocenters. The monoisotopic (exact) mass is 249 g/mol. The Bertz CT molecular complexity index is 562. The number of carbonyl (C=O) groups excluding carboxylic acids is 1. The van der Waals surface area contributed by atoms with Crippen LogP contribution in [0.4, 0.5) is 0 Å². The third kappa shape index (κ3) is 2.68. The highest BCUT2D eigenvalue weighted by atomic mass is 32.2. The number of carboxylic acid groups (broad SMARTS) is 1. The van der Waals surface area contributed by atoms with Gasteiger partial charge in [-0.15, -0.1) is 11.8 Å². The number of rotatable bonds is 5. The maximum atomic E-state index is 11.9. The van der Waals surface area contributed by atoms with Gasteiger partial charge in [0.1, 0.15) is 0 Å². The molecule has 0 fully saturated rings. The van der Waals surface area contributed by atoms with Crippen LogP contribution in [-0.4, -0.2) is 33.3 Å². The third-order valence-corrected chi connectivity index (χ3v) is 3.27. The van der Waals surface area contributed by atoms with E-state index in [0.29, 0.717) is 5.56 Å². The summed E-state index contributed by atoms with van der Waals surface area (Å²) in [7, 11) is 0. The molecule has 2 rings (SSSR count). The van der Waals surface area contributed by atoms with Gasteiger partial charge in [0.05, 0.1) is 11.5 Å². The number of ketones is 1. The lowest BCUT2D eigenvalue weighted by molar-refractivity contribution is -0.133. The number of benzene rings is 1. The molecule has 0 aliphatic heterocycles. The molecule has 0 spiro atoms. The van der Waals surface area contributed by atoms with Crippen molar-refractivity contribution in [2.24, 2.45) is 0 Å². The van der Waals surface area contributed by atoms with Gasteiger partial charge in [0.15, 0.2) is 5.78 Å². The highest BCUT2D eigenvalue weighted by Gasteiger charge is 2.12. The zero-order valence-electron chi connectivity index (χ0n) is 8.97. The van der Waals surface area contributed by atoms with Gasteiger partial charge in [0, 0.05) is 22.7 Å². The molecule has 17 heavy (non-hydrogen) atoms. The highest BCUT2D eigenvalue weighted by Crippen LogP contribution is 2.19. The zero-order chi connectivity index (χ0) is 12.3. The average Bonchev–Trinajstić information content (AvgIpc) is 2.72. The zero-order valence-corrected chi connectivity index (χ0v) is 9.79. The second kappa shape index (κ2) is 5.05. The van der Waals surface area contributed by atoms with Crippen molar-refractivity contribution < 1.29 is 14.7 Å². The summed E-state index contributed by atoms with van der Waals surface area (Å²) in [6, 6.07) is 7.54. The normalized spacial score (nSPS) is 10.6. The molecule has 0 saturated carbocycles. The first kappa shape index (κ1) is 11.7. The summed E-state index contributed by atoms with van der Waals surface area (Å²) in [6.45, 7) is 0. The molecule has 0 aliphatic rings. The second-order valence-corrected chi connectivity index (χ2v) is 4.54. The lowest BCUT2D eigenvalue weighted by Crippen LogP contribution is -2.05. The second-order valence-electron chi connectivity index (χ2n) is 3.56. The Morgan fingerprint density at radius 2 is 2.00 bits per heavy atom. The van der Waals surface area contributed by atoms with Gasteiger partial charge in [-0.25, -0.2) is 0 Å². The summed E-state index contributed by atoms with van der Waals surface area (Å²) in [5, 5.41) is 9.37. The van der Waals surface area contributed by atoms with Gasteiger partial charge in [0.25, 0.3) is 0 Å². The number of aromatic nitrogens is 1. The summed E-state index contributed by atoms with van der Waals surface area (Å²) in [6.07, 6.45) is 1.67. The Hall–Kier alpha value is -1.75. The maximum absolute atomic E-state index is 11.9. The van der Waals surface area contributed by atoms with Gasteiger partial charge in [-0.1, -0.05) is 18.2 Å². The SMILES string of the molecule is O=C(O)CSCC(=O)c1c[nH]c2ccccc12. The first-order valence-corrected chi connectivity index (χ1v) is 6.23. The Balaban J connectivity index is 2.11. The van der Waals surface area contributed by atoms with Gasteiger partial charge in [-0.05, 0) is 6.07 Å². The van der Waals surface area contributed by atoms with Crippen LogP contribution in [0, 0.1) is 0 Å². The van der Waals surface area contributed by atoms with Gasteiger partial charge >= 0.3 is 5.97 Å². The minimum atomic E-state index is -0.901. The van der Waals surface area contributed by atoms with E-state index in [0.717, 1.165) is 22.7 Å². The number of H-pyrrole nitrogens is 1. The fourth-order valence-corrected chi connectivity index (χ4v) is 2.23. The number of nitrogens with one attached hydrogen (secondary N) is 1. The van der Waals surface area contributed by atoms with E-state index >= 15 is 0 Å². The number of hydrogen-bond acceptors (Lipinski definition) is 3. The molecule has 0 atom stereocenters. The minimum absolute atomic E-state index is 0.0475. The van der Waals surface area contributed by atoms with E-state index < -0.39 is 5.97 Å². The molecule has 4 nitrogen and oxygen atoms in total. The summed E-state index contributed by atoms with van der Waals surface area (Å²) >= 11 is 1.11. The predicted octanol–water partition coefficient (Wildman–Crippen LogP) is 2.17. The molecule has 1 heterocycles. The Kier molecular flexibility index (Phi) is 3.49. The van der Waals surface area contributed by atoms with Crippen LogP contribution in [0.5, 0.6) is 0 Å². The van der Waals surface area contributed by atoms with Crippen molar-refractivity contribution in [3.05, 3.63) is 36.0 Å². The lowest BCUT2D eigenvalue weighted by atomic mass is 10.1. The standard InChI is InChI=1S/C12H11NO3S/c14-11(6-17-7-12(15)16)9-5-13-10-4-2-1-3-8(9)10/h1-5,13H,6-7H2,(H,15,16). The van der Waals surface area contributed by atoms with Crippen molar-refractivity contribution in [1.82, 2.24) is 4.98 Å². The number of carbonyl (C=O) groups is 2. The van der Waals surface area contributed by atoms with Crippen LogP contribution in [0.3, 0.4) is 0 Å². The molecule has 2 aromatic rings. The van der Waals surface area contributed by atoms with Gasteiger partial charge in [-0.2, -0.15) is 0 Å². The van der Waals surface area contributed by atoms with Crippen LogP contribution in [-0.2, 0) is 4.79 Å². The van der Waals surface area contributed by atoms with E-state index in [1.165, 1.54) is 0 Å². The van der Waals surface area contributed by atoms with Gasteiger partial charge in [-0.3, -0.25) is 9.59 Å². The van der Waals surface area contributed by atoms with Crippen molar-refractivity contribution >= 4 is 34.4 Å². The van der Waals surface area contributed by atoms with Crippen LogP contribution in [0.25, 0.3) is 10.9 Å². The molecule has 1 aromatic carbocycles. The Morgan fingerprint density at radius 3 is 2.76 bits per heavy atom. The van der Waals surface area contributed by atoms with Crippen molar-refractivity contribution in [2.75, 3.05) is 11.5 Å². The fourth-order valence-electron chi connectivity index (χ4n) is 1.61. The van der Waals surface area contributed by atoms with Crippen molar-refractivity contribution in [3.63, 3.8) is 0 Å². The number of aromatic amines is 1. The van der Waals surface area contributed by atoms with Crippen molar-refractivity contribution in [3.8, 4) is 0 Å². The first-order valence-electron chi connectivity index (χ1n) is 5.07. The summed E-state index contributed by atoms with van der Waals surface area (Å²) in [4.78, 5) is 25.2. The topological polar surface area (TPSA) is 70.2 Å². The number of thioether (sulfide) groups is 1. The number of hydrogen-bond donors (Lipinski definition) is 2. The van der Waals surface area contributed by atoms with E-state index in [4.69, 9.17) is 5.11 Å². The summed E-state index contributed by atoms with van der Waals surface area (Å²) in [5.74, 6) is -0.808. The van der Waals surface area contributed by atoms with Crippen LogP contribution in [0.15, 0.2) is 30.5 Å². The van der Waals surface area contributed by atoms with Gasteiger partial charge in [0.2, 0.25) is 0 Å². The quantitative estimate of drug-likeness (QED) is 0.797. The number of para-hydroxylation sites is 1. The molecule has 0 saturated heterocycles. The molecular formula is C12H11NO3S. The minimum Gasteiger partial charge on any atom is -0.481 e. The highest BCUT2D eigenvalue weighted by molar-refractivity contribution is 8.00. The van der Waals surface area contributed by atoms with E-state index in [1.54, 1.807) is 6.20 Å². The molecule has 0 radical (unpaired) electrons. The molecule has 0 amide bonds. The lowest BCUT2D eigenvalue weighted by Gasteiger charge is -1.98. The third-order valence-electron chi connectivity index (χ3n) is 2.35. The predicted molar refractivity (Wildman–Crippen MR) is 67.6 cm³/mol. The van der Waals surface area contributed by atoms with Crippen molar-refractivity contribution in [2.45, 2.75) is 0 Å². The van der Waals surface area contributed by atoms with E-state index in [1.807, 2.05) is 24.3 Å². The fraction of sp³-hybridized carbons (Fsp3) is 0.167. The van der Waals surface area contributed by atoms with Crippen LogP contribution < -0.4 is 0 Å². The smallest absolute Gasteiger partial charge is 0.313 e. The molecule has 1 aromatic heterocycles. The molecule has 88 valence electrons. The van der Waals surface area contributed by atoms with Gasteiger partial charge < -0.3 is 10.1 Å².